The highest BCUT2D eigenvalue weighted by Gasteiger charge is 2.24. The van der Waals surface area contributed by atoms with Gasteiger partial charge in [0.2, 0.25) is 0 Å². The number of hydrogen-bond donors (Lipinski definition) is 0. The molecule has 0 saturated carbocycles. The summed E-state index contributed by atoms with van der Waals surface area (Å²) in [4.78, 5) is 17.0. The lowest BCUT2D eigenvalue weighted by molar-refractivity contribution is 0.590. The van der Waals surface area contributed by atoms with Gasteiger partial charge in [-0.15, -0.1) is 0 Å². The van der Waals surface area contributed by atoms with E-state index < -0.39 is 0 Å². The predicted octanol–water partition coefficient (Wildman–Crippen LogP) is 34.6. The van der Waals surface area contributed by atoms with Crippen LogP contribution in [0.1, 0.15) is 119 Å². The number of nitriles is 2. The molecule has 0 aliphatic carbocycles. The zero-order valence-electron chi connectivity index (χ0n) is 74.1. The van der Waals surface area contributed by atoms with Crippen LogP contribution in [0.25, 0.3) is 101 Å². The molecule has 18 rings (SSSR count). The summed E-state index contributed by atoms with van der Waals surface area (Å²) < 4.78 is 0. The topological polar surface area (TPSA) is 69.3 Å². The fourth-order valence-electron chi connectivity index (χ4n) is 17.0. The summed E-state index contributed by atoms with van der Waals surface area (Å²) in [5, 5.41) is 30.1. The van der Waals surface area contributed by atoms with E-state index in [1.54, 1.807) is 0 Å². The number of benzene rings is 18. The molecule has 0 N–H and O–H groups in total. The van der Waals surface area contributed by atoms with E-state index in [-0.39, 0.29) is 10.8 Å². The van der Waals surface area contributed by atoms with Gasteiger partial charge in [0.05, 0.1) is 59.2 Å². The SMILES string of the molecule is [C-]#[N+]c1cc(C=Cc2ccc(N(c3ccc(C(C)(C)C)cc3)c3cccc4ccccc34)cc2)c(C#N)cc1C=Cc1ccc(N(c2ccc(C(C)(C)C)cc2)c2cccc3ccccc23)cc1.[C-]#[N+]c1cc(C=Cc2ccc(N(c3ccccc3)c3ccc(C)c4ccccc34)cc2)c(C#N)cc1C=Cc1ccc(N(c2ccccc2)c2ccc(C)c3ccccc23)cc1. The molecule has 0 aromatic heterocycles. The first kappa shape index (κ1) is 85.3. The third-order valence-corrected chi connectivity index (χ3v) is 24.1. The minimum absolute atomic E-state index is 0.0476. The average Bonchev–Trinajstić information content (AvgIpc) is 0.780. The van der Waals surface area contributed by atoms with E-state index in [0.29, 0.717) is 44.8 Å². The molecular formula is C122H96N8. The first-order chi connectivity index (χ1) is 63.4. The summed E-state index contributed by atoms with van der Waals surface area (Å²) in [6.07, 6.45) is 15.7. The number of rotatable bonds is 20. The molecular weight excluding hydrogens is 1580 g/mol. The lowest BCUT2D eigenvalue weighted by Gasteiger charge is -2.28. The number of para-hydroxylation sites is 2. The fourth-order valence-corrected chi connectivity index (χ4v) is 17.0. The van der Waals surface area contributed by atoms with Crippen LogP contribution >= 0.6 is 0 Å². The van der Waals surface area contributed by atoms with Crippen LogP contribution in [0.3, 0.4) is 0 Å². The molecule has 0 spiro atoms. The van der Waals surface area contributed by atoms with E-state index in [2.05, 4.69) is 449 Å². The van der Waals surface area contributed by atoms with Gasteiger partial charge in [-0.25, -0.2) is 9.69 Å². The zero-order chi connectivity index (χ0) is 89.8. The smallest absolute Gasteiger partial charge is 0.194 e. The Morgan fingerprint density at radius 3 is 0.800 bits per heavy atom. The molecule has 18 aromatic carbocycles. The van der Waals surface area contributed by atoms with Crippen molar-refractivity contribution >= 4 is 171 Å². The molecule has 8 heteroatoms. The highest BCUT2D eigenvalue weighted by atomic mass is 15.2. The summed E-state index contributed by atoms with van der Waals surface area (Å²) in [7, 11) is 0. The molecule has 0 heterocycles. The number of aryl methyl sites for hydroxylation is 2. The molecule has 18 aromatic rings. The van der Waals surface area contributed by atoms with E-state index in [0.717, 1.165) is 90.5 Å². The summed E-state index contributed by atoms with van der Waals surface area (Å²) in [6, 6.07) is 140. The molecule has 0 bridgehead atoms. The summed E-state index contributed by atoms with van der Waals surface area (Å²) in [6.45, 7) is 33.9. The van der Waals surface area contributed by atoms with Crippen molar-refractivity contribution in [3.63, 3.8) is 0 Å². The minimum Gasteiger partial charge on any atom is -0.310 e. The van der Waals surface area contributed by atoms with Gasteiger partial charge in [-0.3, -0.25) is 0 Å². The van der Waals surface area contributed by atoms with E-state index in [4.69, 9.17) is 13.1 Å². The number of fused-ring (bicyclic) bond motifs is 4. The van der Waals surface area contributed by atoms with Gasteiger partial charge < -0.3 is 19.6 Å². The van der Waals surface area contributed by atoms with Crippen molar-refractivity contribution in [2.24, 2.45) is 0 Å². The van der Waals surface area contributed by atoms with E-state index in [1.807, 2.05) is 85.0 Å². The number of hydrogen-bond acceptors (Lipinski definition) is 6. The van der Waals surface area contributed by atoms with E-state index >= 15 is 0 Å². The van der Waals surface area contributed by atoms with Crippen LogP contribution in [-0.4, -0.2) is 0 Å². The summed E-state index contributed by atoms with van der Waals surface area (Å²) in [5.41, 5.74) is 26.7. The quantitative estimate of drug-likeness (QED) is 0.0559. The highest BCUT2D eigenvalue weighted by Crippen LogP contribution is 2.46. The van der Waals surface area contributed by atoms with Gasteiger partial charge in [-0.2, -0.15) is 10.5 Å². The van der Waals surface area contributed by atoms with Crippen molar-refractivity contribution < 1.29 is 0 Å². The molecule has 0 fully saturated rings. The third kappa shape index (κ3) is 18.6. The summed E-state index contributed by atoms with van der Waals surface area (Å²) in [5.74, 6) is 0. The van der Waals surface area contributed by atoms with Gasteiger partial charge in [-0.05, 0) is 259 Å². The van der Waals surface area contributed by atoms with Gasteiger partial charge in [-0.1, -0.05) is 333 Å². The molecule has 0 aliphatic rings. The maximum absolute atomic E-state index is 10.3. The van der Waals surface area contributed by atoms with Crippen LogP contribution in [-0.2, 0) is 10.8 Å². The Morgan fingerprint density at radius 2 is 0.500 bits per heavy atom. The Labute approximate surface area is 763 Å². The van der Waals surface area contributed by atoms with Crippen LogP contribution < -0.4 is 19.6 Å². The molecule has 0 radical (unpaired) electrons. The second kappa shape index (κ2) is 37.9. The van der Waals surface area contributed by atoms with Crippen LogP contribution in [0.4, 0.5) is 79.6 Å². The monoisotopic (exact) mass is 1670 g/mol. The second-order valence-electron chi connectivity index (χ2n) is 34.6. The third-order valence-electron chi connectivity index (χ3n) is 24.1. The van der Waals surface area contributed by atoms with Gasteiger partial charge in [0.25, 0.3) is 0 Å². The Hall–Kier alpha value is -16.9. The molecule has 0 unspecified atom stereocenters. The van der Waals surface area contributed by atoms with Gasteiger partial charge >= 0.3 is 0 Å². The first-order valence-corrected chi connectivity index (χ1v) is 43.8. The van der Waals surface area contributed by atoms with E-state index in [9.17, 15) is 10.5 Å². The van der Waals surface area contributed by atoms with Crippen molar-refractivity contribution in [2.45, 2.75) is 66.2 Å². The Bertz CT molecular complexity index is 7050. The lowest BCUT2D eigenvalue weighted by Crippen LogP contribution is -2.13. The molecule has 0 aliphatic heterocycles. The molecule has 8 nitrogen and oxygen atoms in total. The van der Waals surface area contributed by atoms with Crippen LogP contribution in [0.15, 0.2) is 388 Å². The number of nitrogens with zero attached hydrogens (tertiary/aromatic N) is 8. The first-order valence-electron chi connectivity index (χ1n) is 43.8. The maximum atomic E-state index is 10.3. The highest BCUT2D eigenvalue weighted by molar-refractivity contribution is 6.04. The molecule has 130 heavy (non-hydrogen) atoms. The van der Waals surface area contributed by atoms with Crippen molar-refractivity contribution in [3.8, 4) is 12.1 Å². The van der Waals surface area contributed by atoms with Crippen molar-refractivity contribution in [1.82, 2.24) is 0 Å². The Morgan fingerprint density at radius 1 is 0.246 bits per heavy atom. The maximum Gasteiger partial charge on any atom is 0.194 e. The molecule has 0 atom stereocenters. The molecule has 0 saturated heterocycles. The fraction of sp³-hybridized carbons (Fsp3) is 0.0820. The number of anilines is 12. The molecule has 0 amide bonds. The van der Waals surface area contributed by atoms with Crippen molar-refractivity contribution in [1.29, 1.82) is 10.5 Å². The predicted molar refractivity (Wildman–Crippen MR) is 552 cm³/mol. The van der Waals surface area contributed by atoms with Crippen molar-refractivity contribution in [3.05, 3.63) is 489 Å². The van der Waals surface area contributed by atoms with Gasteiger partial charge in [0.15, 0.2) is 11.4 Å². The average molecular weight is 1670 g/mol. The van der Waals surface area contributed by atoms with Crippen LogP contribution in [0.5, 0.6) is 0 Å². The Balaban J connectivity index is 0.000000183. The Kier molecular flexibility index (Phi) is 24.9. The lowest BCUT2D eigenvalue weighted by atomic mass is 9.87. The van der Waals surface area contributed by atoms with Gasteiger partial charge in [0, 0.05) is 67.0 Å². The van der Waals surface area contributed by atoms with Crippen LogP contribution in [0.2, 0.25) is 0 Å². The normalized spacial score (nSPS) is 11.5. The van der Waals surface area contributed by atoms with Gasteiger partial charge in [0.1, 0.15) is 0 Å². The largest absolute Gasteiger partial charge is 0.310 e. The summed E-state index contributed by atoms with van der Waals surface area (Å²) >= 11 is 0. The van der Waals surface area contributed by atoms with Crippen LogP contribution in [0, 0.1) is 49.7 Å². The molecule has 624 valence electrons. The zero-order valence-corrected chi connectivity index (χ0v) is 74.1. The second-order valence-corrected chi connectivity index (χ2v) is 34.6. The standard InChI is InChI=1S/C64H54N4.C58H42N4/c1-63(2,3)52-30-38-56(39-31-52)67(61-20-12-16-47-14-8-10-18-58(47)61)54-34-24-45(25-35-54)22-28-49-43-60(66-7)50(42-51(49)44-65)29-23-46-26-36-55(37-27-46)68(57-40-32-53(33-41-57)64(4,5)6)62-21-13-17-48-15-9-11-19-59(48)62;1-41-22-36-57(54-20-12-10-18-52(41)54)61(48-14-6-4-7-15-48)50-32-26-43(27-33-50)24-30-45-39-56(60-3)46(38-47(45)40-59)31-25-44-28-34-51(35-29-44)62(49-16-8-5-9-17-49)58-37-23-42(2)53-19-11-13-21-55(53)58/h8-43H,1-6H3;4-39H,1-2H3. The minimum atomic E-state index is 0.0476. The van der Waals surface area contributed by atoms with Crippen molar-refractivity contribution in [2.75, 3.05) is 19.6 Å². The van der Waals surface area contributed by atoms with E-state index in [1.165, 1.54) is 65.3 Å².